The molecule has 0 bridgehead atoms. The Morgan fingerprint density at radius 3 is 2.58 bits per heavy atom. The highest BCUT2D eigenvalue weighted by Gasteiger charge is 2.29. The maximum absolute atomic E-state index is 12.9. The van der Waals surface area contributed by atoms with Gasteiger partial charge < -0.3 is 9.47 Å². The molecule has 0 amide bonds. The molecule has 3 rings (SSSR count). The molecule has 0 radical (unpaired) electrons. The Kier molecular flexibility index (Phi) is 4.65. The summed E-state index contributed by atoms with van der Waals surface area (Å²) >= 11 is 0. The van der Waals surface area contributed by atoms with E-state index in [1.165, 1.54) is 29.6 Å². The molecule has 8 nitrogen and oxygen atoms in total. The Balaban J connectivity index is 2.06. The van der Waals surface area contributed by atoms with Crippen molar-refractivity contribution in [3.05, 3.63) is 40.7 Å². The summed E-state index contributed by atoms with van der Waals surface area (Å²) in [4.78, 5) is 11.2. The summed E-state index contributed by atoms with van der Waals surface area (Å²) in [5, 5.41) is 6.27. The van der Waals surface area contributed by atoms with Crippen LogP contribution in [0.2, 0.25) is 0 Å². The summed E-state index contributed by atoms with van der Waals surface area (Å²) in [6.07, 6.45) is 0. The molecule has 1 fully saturated rings. The molecule has 1 aliphatic rings. The van der Waals surface area contributed by atoms with Crippen molar-refractivity contribution in [3.8, 4) is 17.0 Å². The highest BCUT2D eigenvalue weighted by Crippen LogP contribution is 2.31. The number of morpholine rings is 1. The lowest BCUT2D eigenvalue weighted by molar-refractivity contribution is 0.0729. The summed E-state index contributed by atoms with van der Waals surface area (Å²) in [5.74, 6) is 0.259. The first-order valence-electron chi connectivity index (χ1n) is 7.34. The molecule has 0 spiro atoms. The van der Waals surface area contributed by atoms with Gasteiger partial charge in [0.25, 0.3) is 5.56 Å². The number of sulfonamides is 1. The number of aromatic nitrogens is 2. The highest BCUT2D eigenvalue weighted by molar-refractivity contribution is 7.89. The zero-order valence-electron chi connectivity index (χ0n) is 13.1. The van der Waals surface area contributed by atoms with E-state index in [9.17, 15) is 13.2 Å². The van der Waals surface area contributed by atoms with Crippen LogP contribution in [-0.2, 0) is 14.8 Å². The molecule has 0 aliphatic carbocycles. The van der Waals surface area contributed by atoms with Gasteiger partial charge in [-0.2, -0.15) is 9.40 Å². The maximum Gasteiger partial charge on any atom is 0.264 e. The molecular weight excluding hydrogens is 334 g/mol. The first-order valence-corrected chi connectivity index (χ1v) is 8.78. The number of aromatic amines is 1. The lowest BCUT2D eigenvalue weighted by atomic mass is 10.1. The van der Waals surface area contributed by atoms with Crippen LogP contribution in [0.1, 0.15) is 0 Å². The van der Waals surface area contributed by atoms with Gasteiger partial charge in [0.1, 0.15) is 10.6 Å². The number of H-pyrrole nitrogens is 1. The first kappa shape index (κ1) is 16.6. The third kappa shape index (κ3) is 3.18. The average molecular weight is 351 g/mol. The largest absolute Gasteiger partial charge is 0.495 e. The van der Waals surface area contributed by atoms with Crippen molar-refractivity contribution in [2.24, 2.45) is 0 Å². The first-order chi connectivity index (χ1) is 11.5. The number of benzene rings is 1. The molecule has 0 saturated carbocycles. The standard InChI is InChI=1S/C15H17N3O5S/c1-22-13-4-2-11(12-3-5-15(19)17-16-12)10-14(13)24(20,21)18-6-8-23-9-7-18/h2-5,10H,6-9H2,1H3,(H,17,19). The molecule has 128 valence electrons. The molecule has 1 aromatic carbocycles. The van der Waals surface area contributed by atoms with E-state index in [1.54, 1.807) is 12.1 Å². The van der Waals surface area contributed by atoms with E-state index < -0.39 is 10.0 Å². The molecule has 2 heterocycles. The summed E-state index contributed by atoms with van der Waals surface area (Å²) in [7, 11) is -2.29. The topological polar surface area (TPSA) is 102 Å². The lowest BCUT2D eigenvalue weighted by Gasteiger charge is -2.26. The number of methoxy groups -OCH3 is 1. The van der Waals surface area contributed by atoms with Crippen LogP contribution in [0.15, 0.2) is 40.0 Å². The van der Waals surface area contributed by atoms with E-state index >= 15 is 0 Å². The molecule has 1 saturated heterocycles. The van der Waals surface area contributed by atoms with E-state index in [0.29, 0.717) is 37.6 Å². The number of ether oxygens (including phenoxy) is 2. The molecule has 9 heteroatoms. The van der Waals surface area contributed by atoms with Crippen molar-refractivity contribution in [2.45, 2.75) is 4.90 Å². The molecule has 1 N–H and O–H groups in total. The summed E-state index contributed by atoms with van der Waals surface area (Å²) < 4.78 is 37.6. The van der Waals surface area contributed by atoms with Crippen LogP contribution in [0.25, 0.3) is 11.3 Å². The molecule has 0 unspecified atom stereocenters. The van der Waals surface area contributed by atoms with Crippen molar-refractivity contribution < 1.29 is 17.9 Å². The average Bonchev–Trinajstić information content (AvgIpc) is 2.62. The van der Waals surface area contributed by atoms with Crippen molar-refractivity contribution in [1.82, 2.24) is 14.5 Å². The molecular formula is C15H17N3O5S. The van der Waals surface area contributed by atoms with Gasteiger partial charge in [-0.15, -0.1) is 0 Å². The lowest BCUT2D eigenvalue weighted by Crippen LogP contribution is -2.40. The number of hydrogen-bond acceptors (Lipinski definition) is 6. The van der Waals surface area contributed by atoms with E-state index in [1.807, 2.05) is 0 Å². The van der Waals surface area contributed by atoms with Crippen molar-refractivity contribution in [2.75, 3.05) is 33.4 Å². The summed E-state index contributed by atoms with van der Waals surface area (Å²) in [5.41, 5.74) is 0.711. The van der Waals surface area contributed by atoms with Gasteiger partial charge >= 0.3 is 0 Å². The Morgan fingerprint density at radius 1 is 1.21 bits per heavy atom. The van der Waals surface area contributed by atoms with Gasteiger partial charge in [-0.25, -0.2) is 13.5 Å². The smallest absolute Gasteiger partial charge is 0.264 e. The van der Waals surface area contributed by atoms with Crippen LogP contribution in [0.3, 0.4) is 0 Å². The number of rotatable bonds is 4. The van der Waals surface area contributed by atoms with Crippen LogP contribution in [0.5, 0.6) is 5.75 Å². The Bertz CT molecular complexity index is 868. The minimum Gasteiger partial charge on any atom is -0.495 e. The third-order valence-electron chi connectivity index (χ3n) is 3.73. The van der Waals surface area contributed by atoms with Gasteiger partial charge in [0.15, 0.2) is 0 Å². The molecule has 0 atom stereocenters. The number of nitrogens with one attached hydrogen (secondary N) is 1. The van der Waals surface area contributed by atoms with Crippen LogP contribution in [-0.4, -0.2) is 56.3 Å². The second kappa shape index (κ2) is 6.71. The van der Waals surface area contributed by atoms with Gasteiger partial charge in [-0.3, -0.25) is 4.79 Å². The monoisotopic (exact) mass is 351 g/mol. The van der Waals surface area contributed by atoms with Crippen molar-refractivity contribution in [1.29, 1.82) is 0 Å². The molecule has 1 aromatic heterocycles. The fourth-order valence-electron chi connectivity index (χ4n) is 2.47. The van der Waals surface area contributed by atoms with Crippen LogP contribution in [0, 0.1) is 0 Å². The van der Waals surface area contributed by atoms with Gasteiger partial charge in [-0.1, -0.05) is 0 Å². The maximum atomic E-state index is 12.9. The molecule has 2 aromatic rings. The predicted octanol–water partition coefficient (Wildman–Crippen LogP) is 0.466. The van der Waals surface area contributed by atoms with Gasteiger partial charge in [0, 0.05) is 24.7 Å². The summed E-state index contributed by atoms with van der Waals surface area (Å²) in [6.45, 7) is 1.32. The zero-order valence-corrected chi connectivity index (χ0v) is 13.9. The zero-order chi connectivity index (χ0) is 17.2. The van der Waals surface area contributed by atoms with Crippen LogP contribution in [0.4, 0.5) is 0 Å². The number of hydrogen-bond donors (Lipinski definition) is 1. The van der Waals surface area contributed by atoms with Crippen LogP contribution < -0.4 is 10.3 Å². The van der Waals surface area contributed by atoms with Crippen LogP contribution >= 0.6 is 0 Å². The normalized spacial score (nSPS) is 16.0. The fourth-order valence-corrected chi connectivity index (χ4v) is 4.06. The second-order valence-electron chi connectivity index (χ2n) is 5.19. The Hall–Kier alpha value is -2.23. The van der Waals surface area contributed by atoms with Gasteiger partial charge in [0.05, 0.1) is 26.0 Å². The van der Waals surface area contributed by atoms with E-state index in [2.05, 4.69) is 10.2 Å². The molecule has 1 aliphatic heterocycles. The molecule has 24 heavy (non-hydrogen) atoms. The van der Waals surface area contributed by atoms with E-state index in [4.69, 9.17) is 9.47 Å². The van der Waals surface area contributed by atoms with E-state index in [0.717, 1.165) is 0 Å². The quantitative estimate of drug-likeness (QED) is 0.859. The second-order valence-corrected chi connectivity index (χ2v) is 7.09. The minimum absolute atomic E-state index is 0.0670. The van der Waals surface area contributed by atoms with Crippen molar-refractivity contribution in [3.63, 3.8) is 0 Å². The summed E-state index contributed by atoms with van der Waals surface area (Å²) in [6, 6.07) is 7.64. The van der Waals surface area contributed by atoms with Gasteiger partial charge in [-0.05, 0) is 24.3 Å². The predicted molar refractivity (Wildman–Crippen MR) is 86.4 cm³/mol. The fraction of sp³-hybridized carbons (Fsp3) is 0.333. The Labute approximate surface area is 139 Å². The third-order valence-corrected chi connectivity index (χ3v) is 5.65. The minimum atomic E-state index is -3.71. The van der Waals surface area contributed by atoms with Crippen molar-refractivity contribution >= 4 is 10.0 Å². The van der Waals surface area contributed by atoms with E-state index in [-0.39, 0.29) is 16.2 Å². The Morgan fingerprint density at radius 2 is 1.96 bits per heavy atom. The van der Waals surface area contributed by atoms with Gasteiger partial charge in [0.2, 0.25) is 10.0 Å². The SMILES string of the molecule is COc1ccc(-c2ccc(=O)[nH]n2)cc1S(=O)(=O)N1CCOCC1. The highest BCUT2D eigenvalue weighted by atomic mass is 32.2. The number of nitrogens with zero attached hydrogens (tertiary/aromatic N) is 2.